The van der Waals surface area contributed by atoms with Crippen molar-refractivity contribution in [2.75, 3.05) is 0 Å². The number of hydrogen-bond acceptors (Lipinski definition) is 3. The van der Waals surface area contributed by atoms with Crippen LogP contribution in [0.2, 0.25) is 0 Å². The molecule has 0 aliphatic heterocycles. The molecule has 1 aromatic rings. The lowest BCUT2D eigenvalue weighted by Crippen LogP contribution is -2.06. The molecule has 0 atom stereocenters. The fourth-order valence-electron chi connectivity index (χ4n) is 1.03. The zero-order valence-corrected chi connectivity index (χ0v) is 6.67. The van der Waals surface area contributed by atoms with E-state index in [-0.39, 0.29) is 0 Å². The summed E-state index contributed by atoms with van der Waals surface area (Å²) < 4.78 is 0. The molecule has 0 amide bonds. The molecule has 0 bridgehead atoms. The van der Waals surface area contributed by atoms with Gasteiger partial charge in [0.25, 0.3) is 0 Å². The van der Waals surface area contributed by atoms with Crippen molar-refractivity contribution in [1.29, 1.82) is 0 Å². The van der Waals surface area contributed by atoms with Gasteiger partial charge in [0.05, 0.1) is 11.4 Å². The second kappa shape index (κ2) is 3.46. The summed E-state index contributed by atoms with van der Waals surface area (Å²) in [6.07, 6.45) is 0. The first-order chi connectivity index (χ1) is 5.26. The molecule has 0 aliphatic carbocycles. The quantitative estimate of drug-likeness (QED) is 0.639. The molecule has 1 aromatic heterocycles. The van der Waals surface area contributed by atoms with Gasteiger partial charge in [-0.1, -0.05) is 0 Å². The van der Waals surface area contributed by atoms with E-state index < -0.39 is 0 Å². The molecule has 11 heavy (non-hydrogen) atoms. The third-order valence-corrected chi connectivity index (χ3v) is 1.49. The van der Waals surface area contributed by atoms with Crippen LogP contribution in [0.4, 0.5) is 0 Å². The van der Waals surface area contributed by atoms with E-state index in [1.54, 1.807) is 0 Å². The van der Waals surface area contributed by atoms with Crippen LogP contribution in [0, 0.1) is 6.92 Å². The Morgan fingerprint density at radius 2 is 1.64 bits per heavy atom. The molecular formula is C8H13N3. The van der Waals surface area contributed by atoms with Gasteiger partial charge in [-0.3, -0.25) is 4.98 Å². The number of nitrogens with two attached hydrogens (primary N) is 2. The minimum absolute atomic E-state index is 0.481. The maximum absolute atomic E-state index is 5.44. The number of aryl methyl sites for hydroxylation is 1. The number of rotatable bonds is 2. The Morgan fingerprint density at radius 3 is 2.00 bits per heavy atom. The van der Waals surface area contributed by atoms with Crippen LogP contribution in [0.25, 0.3) is 0 Å². The van der Waals surface area contributed by atoms with Crippen molar-refractivity contribution >= 4 is 0 Å². The largest absolute Gasteiger partial charge is 0.325 e. The molecule has 0 saturated carbocycles. The summed E-state index contributed by atoms with van der Waals surface area (Å²) in [5.41, 5.74) is 13.9. The van der Waals surface area contributed by atoms with Crippen LogP contribution in [0.5, 0.6) is 0 Å². The highest BCUT2D eigenvalue weighted by Crippen LogP contribution is 2.03. The molecule has 0 aliphatic rings. The minimum atomic E-state index is 0.481. The standard InChI is InChI=1S/C8H13N3/c1-6-2-7(4-9)11-8(3-6)5-10/h2-3H,4-5,9-10H2,1H3. The number of pyridine rings is 1. The molecule has 0 aromatic carbocycles. The summed E-state index contributed by atoms with van der Waals surface area (Å²) in [5.74, 6) is 0. The van der Waals surface area contributed by atoms with Crippen LogP contribution < -0.4 is 11.5 Å². The Morgan fingerprint density at radius 1 is 1.18 bits per heavy atom. The van der Waals surface area contributed by atoms with Gasteiger partial charge in [-0.05, 0) is 24.6 Å². The van der Waals surface area contributed by atoms with Crippen molar-refractivity contribution < 1.29 is 0 Å². The van der Waals surface area contributed by atoms with E-state index in [2.05, 4.69) is 4.98 Å². The Bertz CT molecular complexity index is 223. The smallest absolute Gasteiger partial charge is 0.0546 e. The lowest BCUT2D eigenvalue weighted by molar-refractivity contribution is 0.910. The summed E-state index contributed by atoms with van der Waals surface area (Å²) in [6, 6.07) is 3.94. The van der Waals surface area contributed by atoms with Crippen molar-refractivity contribution in [3.63, 3.8) is 0 Å². The zero-order chi connectivity index (χ0) is 8.27. The fraction of sp³-hybridized carbons (Fsp3) is 0.375. The summed E-state index contributed by atoms with van der Waals surface area (Å²) in [7, 11) is 0. The summed E-state index contributed by atoms with van der Waals surface area (Å²) >= 11 is 0. The Labute approximate surface area is 66.4 Å². The zero-order valence-electron chi connectivity index (χ0n) is 6.67. The van der Waals surface area contributed by atoms with Gasteiger partial charge >= 0.3 is 0 Å². The van der Waals surface area contributed by atoms with Gasteiger partial charge in [-0.2, -0.15) is 0 Å². The van der Waals surface area contributed by atoms with Gasteiger partial charge in [-0.15, -0.1) is 0 Å². The number of hydrogen-bond donors (Lipinski definition) is 2. The predicted molar refractivity (Wildman–Crippen MR) is 44.8 cm³/mol. The average Bonchev–Trinajstić information content (AvgIpc) is 2.03. The monoisotopic (exact) mass is 151 g/mol. The van der Waals surface area contributed by atoms with Gasteiger partial charge in [0.2, 0.25) is 0 Å². The van der Waals surface area contributed by atoms with Crippen LogP contribution in [0.1, 0.15) is 17.0 Å². The van der Waals surface area contributed by atoms with Crippen molar-refractivity contribution in [2.45, 2.75) is 20.0 Å². The van der Waals surface area contributed by atoms with Crippen molar-refractivity contribution in [2.24, 2.45) is 11.5 Å². The van der Waals surface area contributed by atoms with Crippen LogP contribution in [0.15, 0.2) is 12.1 Å². The maximum atomic E-state index is 5.44. The lowest BCUT2D eigenvalue weighted by atomic mass is 10.2. The Hall–Kier alpha value is -0.930. The van der Waals surface area contributed by atoms with E-state index in [1.807, 2.05) is 19.1 Å². The van der Waals surface area contributed by atoms with E-state index in [1.165, 1.54) is 5.56 Å². The fourth-order valence-corrected chi connectivity index (χ4v) is 1.03. The SMILES string of the molecule is Cc1cc(CN)nc(CN)c1. The van der Waals surface area contributed by atoms with Gasteiger partial charge < -0.3 is 11.5 Å². The van der Waals surface area contributed by atoms with Gasteiger partial charge in [0, 0.05) is 13.1 Å². The third-order valence-electron chi connectivity index (χ3n) is 1.49. The molecule has 60 valence electrons. The first kappa shape index (κ1) is 8.17. The van der Waals surface area contributed by atoms with Crippen LogP contribution in [-0.2, 0) is 13.1 Å². The minimum Gasteiger partial charge on any atom is -0.325 e. The maximum Gasteiger partial charge on any atom is 0.0546 e. The molecule has 0 radical (unpaired) electrons. The van der Waals surface area contributed by atoms with E-state index in [0.29, 0.717) is 13.1 Å². The molecule has 0 fully saturated rings. The molecule has 0 saturated heterocycles. The topological polar surface area (TPSA) is 64.9 Å². The first-order valence-electron chi connectivity index (χ1n) is 3.63. The van der Waals surface area contributed by atoms with E-state index in [4.69, 9.17) is 11.5 Å². The van der Waals surface area contributed by atoms with Gasteiger partial charge in [0.15, 0.2) is 0 Å². The molecule has 1 rings (SSSR count). The molecule has 1 heterocycles. The molecule has 4 N–H and O–H groups in total. The summed E-state index contributed by atoms with van der Waals surface area (Å²) in [6.45, 7) is 2.98. The van der Waals surface area contributed by atoms with Gasteiger partial charge in [-0.25, -0.2) is 0 Å². The summed E-state index contributed by atoms with van der Waals surface area (Å²) in [4.78, 5) is 4.22. The highest BCUT2D eigenvalue weighted by atomic mass is 14.8. The first-order valence-corrected chi connectivity index (χ1v) is 3.63. The summed E-state index contributed by atoms with van der Waals surface area (Å²) in [5, 5.41) is 0. The number of nitrogens with zero attached hydrogens (tertiary/aromatic N) is 1. The predicted octanol–water partition coefficient (Wildman–Crippen LogP) is 0.307. The van der Waals surface area contributed by atoms with Crippen LogP contribution in [0.3, 0.4) is 0 Å². The number of aromatic nitrogens is 1. The normalized spacial score (nSPS) is 10.1. The Kier molecular flexibility index (Phi) is 2.57. The molecule has 0 unspecified atom stereocenters. The molecule has 3 heteroatoms. The van der Waals surface area contributed by atoms with Crippen molar-refractivity contribution in [3.8, 4) is 0 Å². The lowest BCUT2D eigenvalue weighted by Gasteiger charge is -2.01. The second-order valence-corrected chi connectivity index (χ2v) is 2.54. The molecule has 0 spiro atoms. The Balaban J connectivity index is 3.02. The highest BCUT2D eigenvalue weighted by Gasteiger charge is 1.96. The average molecular weight is 151 g/mol. The molecular weight excluding hydrogens is 138 g/mol. The second-order valence-electron chi connectivity index (χ2n) is 2.54. The van der Waals surface area contributed by atoms with E-state index in [0.717, 1.165) is 11.4 Å². The van der Waals surface area contributed by atoms with E-state index >= 15 is 0 Å². The van der Waals surface area contributed by atoms with Gasteiger partial charge in [0.1, 0.15) is 0 Å². The van der Waals surface area contributed by atoms with Crippen LogP contribution in [-0.4, -0.2) is 4.98 Å². The van der Waals surface area contributed by atoms with Crippen LogP contribution >= 0.6 is 0 Å². The molecule has 3 nitrogen and oxygen atoms in total. The van der Waals surface area contributed by atoms with Crippen molar-refractivity contribution in [1.82, 2.24) is 4.98 Å². The highest BCUT2D eigenvalue weighted by molar-refractivity contribution is 5.19. The van der Waals surface area contributed by atoms with Crippen molar-refractivity contribution in [3.05, 3.63) is 29.1 Å². The van der Waals surface area contributed by atoms with E-state index in [9.17, 15) is 0 Å². The third kappa shape index (κ3) is 2.00.